The van der Waals surface area contributed by atoms with Crippen molar-refractivity contribution >= 4 is 41.8 Å². The summed E-state index contributed by atoms with van der Waals surface area (Å²) in [6.07, 6.45) is 3.65. The smallest absolute Gasteiger partial charge is 0.223 e. The van der Waals surface area contributed by atoms with Gasteiger partial charge in [-0.2, -0.15) is 0 Å². The molecule has 3 rings (SSSR count). The molecule has 0 bridgehead atoms. The summed E-state index contributed by atoms with van der Waals surface area (Å²) in [5.41, 5.74) is 2.27. The van der Waals surface area contributed by atoms with Crippen LogP contribution in [0.25, 0.3) is 0 Å². The number of carbonyl (C=O) groups is 2. The molecule has 3 N–H and O–H groups in total. The van der Waals surface area contributed by atoms with Gasteiger partial charge in [0.05, 0.1) is 6.54 Å². The van der Waals surface area contributed by atoms with E-state index in [0.29, 0.717) is 32.6 Å². The Labute approximate surface area is 190 Å². The van der Waals surface area contributed by atoms with Crippen molar-refractivity contribution in [1.29, 1.82) is 0 Å². The summed E-state index contributed by atoms with van der Waals surface area (Å²) in [6, 6.07) is 8.16. The standard InChI is InChI=1S/C21H31N5O2.HI/c1-2-22-21(24-12-11-23-20(28)16-9-10-16)25-14-17-6-3-4-7-18(17)15-26-13-5-8-19(26)27;/h3-4,6-7,16H,2,5,8-15H2,1H3,(H,23,28)(H2,22,24,25);1H. The van der Waals surface area contributed by atoms with Crippen LogP contribution in [0.1, 0.15) is 43.7 Å². The summed E-state index contributed by atoms with van der Waals surface area (Å²) >= 11 is 0. The highest BCUT2D eigenvalue weighted by Crippen LogP contribution is 2.28. The summed E-state index contributed by atoms with van der Waals surface area (Å²) in [7, 11) is 0. The Bertz CT molecular complexity index is 721. The topological polar surface area (TPSA) is 85.8 Å². The van der Waals surface area contributed by atoms with E-state index in [1.54, 1.807) is 0 Å². The van der Waals surface area contributed by atoms with Gasteiger partial charge in [0.1, 0.15) is 0 Å². The van der Waals surface area contributed by atoms with E-state index in [9.17, 15) is 9.59 Å². The molecule has 0 radical (unpaired) electrons. The van der Waals surface area contributed by atoms with Crippen LogP contribution < -0.4 is 16.0 Å². The number of benzene rings is 1. The second kappa shape index (κ2) is 12.0. The maximum atomic E-state index is 11.9. The van der Waals surface area contributed by atoms with E-state index in [1.165, 1.54) is 0 Å². The fourth-order valence-electron chi connectivity index (χ4n) is 3.31. The van der Waals surface area contributed by atoms with Crippen molar-refractivity contribution in [3.8, 4) is 0 Å². The third-order valence-electron chi connectivity index (χ3n) is 5.07. The molecule has 29 heavy (non-hydrogen) atoms. The average Bonchev–Trinajstić information content (AvgIpc) is 3.48. The molecule has 160 valence electrons. The van der Waals surface area contributed by atoms with Crippen molar-refractivity contribution < 1.29 is 9.59 Å². The van der Waals surface area contributed by atoms with E-state index >= 15 is 0 Å². The highest BCUT2D eigenvalue weighted by Gasteiger charge is 2.29. The molecular weight excluding hydrogens is 481 g/mol. The first-order valence-corrected chi connectivity index (χ1v) is 10.3. The molecule has 0 spiro atoms. The number of nitrogens with one attached hydrogen (secondary N) is 3. The van der Waals surface area contributed by atoms with Crippen LogP contribution in [-0.2, 0) is 22.7 Å². The predicted molar refractivity (Wildman–Crippen MR) is 125 cm³/mol. The van der Waals surface area contributed by atoms with Crippen LogP contribution >= 0.6 is 24.0 Å². The molecule has 7 nitrogen and oxygen atoms in total. The van der Waals surface area contributed by atoms with Crippen molar-refractivity contribution in [2.75, 3.05) is 26.2 Å². The van der Waals surface area contributed by atoms with Crippen LogP contribution in [0.2, 0.25) is 0 Å². The zero-order chi connectivity index (χ0) is 19.8. The lowest BCUT2D eigenvalue weighted by Crippen LogP contribution is -2.41. The maximum absolute atomic E-state index is 11.9. The van der Waals surface area contributed by atoms with E-state index in [-0.39, 0.29) is 41.7 Å². The monoisotopic (exact) mass is 513 g/mol. The summed E-state index contributed by atoms with van der Waals surface area (Å²) in [4.78, 5) is 30.2. The molecule has 0 aromatic heterocycles. The minimum atomic E-state index is 0. The second-order valence-electron chi connectivity index (χ2n) is 7.37. The van der Waals surface area contributed by atoms with E-state index in [4.69, 9.17) is 0 Å². The van der Waals surface area contributed by atoms with E-state index in [1.807, 2.05) is 24.0 Å². The molecule has 1 saturated heterocycles. The van der Waals surface area contributed by atoms with Gasteiger partial charge in [-0.1, -0.05) is 24.3 Å². The highest BCUT2D eigenvalue weighted by atomic mass is 127. The Morgan fingerprint density at radius 3 is 2.52 bits per heavy atom. The minimum absolute atomic E-state index is 0. The summed E-state index contributed by atoms with van der Waals surface area (Å²) in [5, 5.41) is 9.45. The molecule has 1 aliphatic carbocycles. The van der Waals surface area contributed by atoms with Gasteiger partial charge >= 0.3 is 0 Å². The highest BCUT2D eigenvalue weighted by molar-refractivity contribution is 14.0. The molecule has 0 unspecified atom stereocenters. The average molecular weight is 513 g/mol. The third kappa shape index (κ3) is 7.49. The SMILES string of the molecule is CCNC(=NCc1ccccc1CN1CCCC1=O)NCCNC(=O)C1CC1.I. The second-order valence-corrected chi connectivity index (χ2v) is 7.37. The Morgan fingerprint density at radius 1 is 1.14 bits per heavy atom. The number of aliphatic imine (C=N–C) groups is 1. The molecule has 1 aromatic carbocycles. The Kier molecular flexibility index (Phi) is 9.69. The number of guanidine groups is 1. The van der Waals surface area contributed by atoms with Crippen LogP contribution in [0.3, 0.4) is 0 Å². The molecule has 1 heterocycles. The molecule has 8 heteroatoms. The van der Waals surface area contributed by atoms with Gasteiger partial charge < -0.3 is 20.9 Å². The van der Waals surface area contributed by atoms with Crippen LogP contribution in [0.5, 0.6) is 0 Å². The van der Waals surface area contributed by atoms with E-state index in [2.05, 4.69) is 33.1 Å². The van der Waals surface area contributed by atoms with E-state index in [0.717, 1.165) is 49.4 Å². The van der Waals surface area contributed by atoms with Crippen LogP contribution in [-0.4, -0.2) is 48.9 Å². The number of likely N-dealkylation sites (tertiary alicyclic amines) is 1. The molecule has 2 amide bonds. The number of rotatable bonds is 9. The van der Waals surface area contributed by atoms with Gasteiger partial charge in [0.25, 0.3) is 0 Å². The Balaban J connectivity index is 0.00000300. The molecule has 1 aromatic rings. The summed E-state index contributed by atoms with van der Waals surface area (Å²) in [6.45, 7) is 6.06. The zero-order valence-corrected chi connectivity index (χ0v) is 19.4. The van der Waals surface area contributed by atoms with Gasteiger partial charge in [-0.3, -0.25) is 9.59 Å². The lowest BCUT2D eigenvalue weighted by molar-refractivity contribution is -0.128. The van der Waals surface area contributed by atoms with Crippen LogP contribution in [0.4, 0.5) is 0 Å². The van der Waals surface area contributed by atoms with Crippen molar-refractivity contribution in [2.45, 2.75) is 45.7 Å². The lowest BCUT2D eigenvalue weighted by atomic mass is 10.1. The van der Waals surface area contributed by atoms with Crippen molar-refractivity contribution in [3.05, 3.63) is 35.4 Å². The summed E-state index contributed by atoms with van der Waals surface area (Å²) in [5.74, 6) is 1.37. The first-order chi connectivity index (χ1) is 13.7. The number of amides is 2. The van der Waals surface area contributed by atoms with Gasteiger partial charge in [0.2, 0.25) is 11.8 Å². The van der Waals surface area contributed by atoms with Gasteiger partial charge in [-0.25, -0.2) is 4.99 Å². The zero-order valence-electron chi connectivity index (χ0n) is 17.1. The number of hydrogen-bond donors (Lipinski definition) is 3. The van der Waals surface area contributed by atoms with Crippen LogP contribution in [0.15, 0.2) is 29.3 Å². The molecule has 0 atom stereocenters. The molecule has 1 aliphatic heterocycles. The van der Waals surface area contributed by atoms with Crippen LogP contribution in [0, 0.1) is 5.92 Å². The van der Waals surface area contributed by atoms with Gasteiger partial charge in [0.15, 0.2) is 5.96 Å². The first kappa shape index (κ1) is 23.4. The fraction of sp³-hybridized carbons (Fsp3) is 0.571. The predicted octanol–water partition coefficient (Wildman–Crippen LogP) is 2.01. The van der Waals surface area contributed by atoms with Crippen molar-refractivity contribution in [2.24, 2.45) is 10.9 Å². The quantitative estimate of drug-likeness (QED) is 0.204. The van der Waals surface area contributed by atoms with Gasteiger partial charge in [-0.15, -0.1) is 24.0 Å². The van der Waals surface area contributed by atoms with E-state index < -0.39 is 0 Å². The lowest BCUT2D eigenvalue weighted by Gasteiger charge is -2.18. The maximum Gasteiger partial charge on any atom is 0.223 e. The van der Waals surface area contributed by atoms with Gasteiger partial charge in [0, 0.05) is 45.1 Å². The molecule has 2 aliphatic rings. The molecule has 2 fully saturated rings. The molecular formula is C21H32IN5O2. The van der Waals surface area contributed by atoms with Crippen molar-refractivity contribution in [1.82, 2.24) is 20.9 Å². The van der Waals surface area contributed by atoms with Crippen molar-refractivity contribution in [3.63, 3.8) is 0 Å². The Hall–Kier alpha value is -1.84. The first-order valence-electron chi connectivity index (χ1n) is 10.3. The third-order valence-corrected chi connectivity index (χ3v) is 5.07. The van der Waals surface area contributed by atoms with Gasteiger partial charge in [-0.05, 0) is 37.3 Å². The fourth-order valence-corrected chi connectivity index (χ4v) is 3.31. The number of carbonyl (C=O) groups excluding carboxylic acids is 2. The minimum Gasteiger partial charge on any atom is -0.357 e. The Morgan fingerprint density at radius 2 is 1.86 bits per heavy atom. The number of nitrogens with zero attached hydrogens (tertiary/aromatic N) is 2. The number of hydrogen-bond acceptors (Lipinski definition) is 3. The summed E-state index contributed by atoms with van der Waals surface area (Å²) < 4.78 is 0. The number of halogens is 1. The largest absolute Gasteiger partial charge is 0.357 e. The normalized spacial score (nSPS) is 16.4. The molecule has 1 saturated carbocycles.